The number of nitrogens with zero attached hydrogens (tertiary/aromatic N) is 5. The number of para-hydroxylation sites is 1. The van der Waals surface area contributed by atoms with Crippen molar-refractivity contribution in [1.82, 2.24) is 14.4 Å². The predicted octanol–water partition coefficient (Wildman–Crippen LogP) is 10.3. The number of anilines is 3. The van der Waals surface area contributed by atoms with Crippen molar-refractivity contribution in [3.63, 3.8) is 0 Å². The maximum absolute atomic E-state index is 6.56. The first-order valence-electron chi connectivity index (χ1n) is 16.1. The Hall–Kier alpha value is -5.36. The van der Waals surface area contributed by atoms with Gasteiger partial charge in [0, 0.05) is 41.3 Å². The van der Waals surface area contributed by atoms with Gasteiger partial charge in [-0.1, -0.05) is 70.2 Å². The smallest absolute Gasteiger partial charge is 0.153 e. The maximum atomic E-state index is 6.56. The molecule has 0 amide bonds. The number of ether oxygens (including phenoxy) is 1. The van der Waals surface area contributed by atoms with E-state index in [0.29, 0.717) is 11.8 Å². The second-order valence-corrected chi connectivity index (χ2v) is 12.9. The van der Waals surface area contributed by atoms with Crippen LogP contribution >= 0.6 is 0 Å². The molecule has 0 spiro atoms. The van der Waals surface area contributed by atoms with Crippen molar-refractivity contribution >= 4 is 44.5 Å². The van der Waals surface area contributed by atoms with Crippen molar-refractivity contribution in [2.45, 2.75) is 39.5 Å². The van der Waals surface area contributed by atoms with Crippen LogP contribution in [-0.4, -0.2) is 28.1 Å². The minimum atomic E-state index is 0.382. The molecule has 3 aromatic heterocycles. The van der Waals surface area contributed by atoms with Gasteiger partial charge in [0.15, 0.2) is 5.82 Å². The lowest BCUT2D eigenvalue weighted by atomic mass is 9.87. The Labute approximate surface area is 269 Å². The van der Waals surface area contributed by atoms with Gasteiger partial charge >= 0.3 is 0 Å². The first-order valence-corrected chi connectivity index (χ1v) is 16.1. The van der Waals surface area contributed by atoms with Gasteiger partial charge in [-0.25, -0.2) is 9.97 Å². The summed E-state index contributed by atoms with van der Waals surface area (Å²) in [5.41, 5.74) is 9.35. The lowest BCUT2D eigenvalue weighted by molar-refractivity contribution is 0.483. The number of hydrogen-bond acceptors (Lipinski definition) is 5. The van der Waals surface area contributed by atoms with E-state index in [1.165, 1.54) is 22.1 Å². The van der Waals surface area contributed by atoms with E-state index in [4.69, 9.17) is 9.72 Å². The average molecular weight is 604 g/mol. The third-order valence-electron chi connectivity index (χ3n) is 9.19. The van der Waals surface area contributed by atoms with E-state index in [1.54, 1.807) is 0 Å². The highest BCUT2D eigenvalue weighted by Gasteiger charge is 2.26. The topological polar surface area (TPSA) is 45.9 Å². The summed E-state index contributed by atoms with van der Waals surface area (Å²) in [5, 5.41) is 3.41. The van der Waals surface area contributed by atoms with E-state index < -0.39 is 0 Å². The summed E-state index contributed by atoms with van der Waals surface area (Å²) in [6, 6.07) is 34.1. The van der Waals surface area contributed by atoms with E-state index >= 15 is 0 Å². The van der Waals surface area contributed by atoms with Crippen molar-refractivity contribution in [3.05, 3.63) is 121 Å². The quantitative estimate of drug-likeness (QED) is 0.177. The number of imidazole rings is 1. The molecule has 0 saturated carbocycles. The number of benzene rings is 4. The molecular weight excluding hydrogens is 566 g/mol. The summed E-state index contributed by atoms with van der Waals surface area (Å²) in [6.45, 7) is 9.83. The lowest BCUT2D eigenvalue weighted by Gasteiger charge is -2.20. The maximum Gasteiger partial charge on any atom is 0.153 e. The van der Waals surface area contributed by atoms with Crippen LogP contribution in [-0.2, 0) is 0 Å². The van der Waals surface area contributed by atoms with Crippen LogP contribution in [0.4, 0.5) is 17.2 Å². The molecule has 0 bridgehead atoms. The highest BCUT2D eigenvalue weighted by atomic mass is 16.5. The number of pyridine rings is 2. The van der Waals surface area contributed by atoms with Crippen molar-refractivity contribution in [2.24, 2.45) is 0 Å². The summed E-state index contributed by atoms with van der Waals surface area (Å²) in [6.07, 6.45) is 3.90. The largest absolute Gasteiger partial charge is 0.457 e. The van der Waals surface area contributed by atoms with Gasteiger partial charge in [0.2, 0.25) is 0 Å². The van der Waals surface area contributed by atoms with Crippen LogP contribution in [0.25, 0.3) is 38.6 Å². The summed E-state index contributed by atoms with van der Waals surface area (Å²) in [4.78, 5) is 14.1. The normalized spacial score (nSPS) is 13.1. The van der Waals surface area contributed by atoms with Crippen molar-refractivity contribution in [1.29, 1.82) is 0 Å². The molecule has 0 aliphatic carbocycles. The molecule has 0 saturated heterocycles. The van der Waals surface area contributed by atoms with Crippen LogP contribution < -0.4 is 14.5 Å². The Morgan fingerprint density at radius 3 is 2.26 bits per heavy atom. The molecule has 1 aliphatic heterocycles. The van der Waals surface area contributed by atoms with Gasteiger partial charge in [0.1, 0.15) is 17.1 Å². The Bertz CT molecular complexity index is 2240. The summed E-state index contributed by atoms with van der Waals surface area (Å²) in [5.74, 6) is 3.30. The van der Waals surface area contributed by atoms with Crippen LogP contribution in [0.2, 0.25) is 0 Å². The average Bonchev–Trinajstić information content (AvgIpc) is 3.66. The Morgan fingerprint density at radius 2 is 1.46 bits per heavy atom. The van der Waals surface area contributed by atoms with E-state index in [0.717, 1.165) is 63.0 Å². The number of aromatic nitrogens is 3. The fraction of sp³-hybridized carbons (Fsp3) is 0.200. The molecule has 46 heavy (non-hydrogen) atoms. The SMILES string of the molecule is CC(C)c1cccc(C(C)C)c1-c1cnc2c3cc(Oc4cccc(N5CN(C)c6ncccc65)c4)ccc3c3ccccc3n12. The van der Waals surface area contributed by atoms with Gasteiger partial charge in [-0.3, -0.25) is 4.40 Å². The highest BCUT2D eigenvalue weighted by Crippen LogP contribution is 2.42. The van der Waals surface area contributed by atoms with Gasteiger partial charge in [0.25, 0.3) is 0 Å². The minimum Gasteiger partial charge on any atom is -0.457 e. The summed E-state index contributed by atoms with van der Waals surface area (Å²) in [7, 11) is 2.07. The van der Waals surface area contributed by atoms with Crippen LogP contribution in [0, 0.1) is 0 Å². The molecule has 0 N–H and O–H groups in total. The van der Waals surface area contributed by atoms with Gasteiger partial charge in [0.05, 0.1) is 29.8 Å². The molecule has 8 rings (SSSR count). The standard InChI is InChI=1S/C40H37N5O/c1-25(2)30-14-9-15-31(26(3)4)38(30)37-23-42-39-34-22-29(18-19-32(34)33-13-6-7-16-35(33)45(37)39)46-28-12-8-11-27(21-28)44-24-43(5)40-36(44)17-10-20-41-40/h6-23,25-26H,24H2,1-5H3. The van der Waals surface area contributed by atoms with Crippen molar-refractivity contribution < 1.29 is 4.74 Å². The molecule has 228 valence electrons. The summed E-state index contributed by atoms with van der Waals surface area (Å²) >= 11 is 0. The molecule has 6 heteroatoms. The van der Waals surface area contributed by atoms with Gasteiger partial charge in [-0.05, 0) is 76.9 Å². The molecule has 1 aliphatic rings. The Balaban J connectivity index is 1.26. The molecule has 0 fully saturated rings. The Morgan fingerprint density at radius 1 is 0.696 bits per heavy atom. The molecular formula is C40H37N5O. The molecule has 4 aromatic carbocycles. The first-order chi connectivity index (χ1) is 22.4. The van der Waals surface area contributed by atoms with Crippen molar-refractivity contribution in [3.8, 4) is 22.8 Å². The van der Waals surface area contributed by atoms with E-state index in [2.05, 4.69) is 139 Å². The molecule has 0 unspecified atom stereocenters. The molecule has 4 heterocycles. The van der Waals surface area contributed by atoms with E-state index in [-0.39, 0.29) is 0 Å². The number of rotatable bonds is 6. The van der Waals surface area contributed by atoms with Gasteiger partial charge in [-0.15, -0.1) is 0 Å². The zero-order valence-electron chi connectivity index (χ0n) is 26.9. The minimum absolute atomic E-state index is 0.382. The third-order valence-corrected chi connectivity index (χ3v) is 9.19. The third kappa shape index (κ3) is 4.47. The second kappa shape index (κ2) is 10.9. The molecule has 6 nitrogen and oxygen atoms in total. The zero-order chi connectivity index (χ0) is 31.5. The monoisotopic (exact) mass is 603 g/mol. The van der Waals surface area contributed by atoms with Crippen molar-refractivity contribution in [2.75, 3.05) is 23.5 Å². The second-order valence-electron chi connectivity index (χ2n) is 12.9. The van der Waals surface area contributed by atoms with E-state index in [1.807, 2.05) is 24.4 Å². The lowest BCUT2D eigenvalue weighted by Crippen LogP contribution is -2.24. The van der Waals surface area contributed by atoms with Crippen LogP contribution in [0.15, 0.2) is 109 Å². The Kier molecular flexibility index (Phi) is 6.68. The predicted molar refractivity (Wildman–Crippen MR) is 190 cm³/mol. The molecule has 7 aromatic rings. The van der Waals surface area contributed by atoms with Crippen LogP contribution in [0.3, 0.4) is 0 Å². The van der Waals surface area contributed by atoms with Crippen LogP contribution in [0.5, 0.6) is 11.5 Å². The number of hydrogen-bond donors (Lipinski definition) is 0. The zero-order valence-corrected chi connectivity index (χ0v) is 26.9. The number of fused-ring (bicyclic) bond motifs is 7. The summed E-state index contributed by atoms with van der Waals surface area (Å²) < 4.78 is 8.91. The molecule has 0 atom stereocenters. The van der Waals surface area contributed by atoms with Gasteiger partial charge in [-0.2, -0.15) is 0 Å². The first kappa shape index (κ1) is 28.1. The highest BCUT2D eigenvalue weighted by molar-refractivity contribution is 6.12. The molecule has 0 radical (unpaired) electrons. The van der Waals surface area contributed by atoms with Gasteiger partial charge < -0.3 is 14.5 Å². The van der Waals surface area contributed by atoms with E-state index in [9.17, 15) is 0 Å². The fourth-order valence-corrected chi connectivity index (χ4v) is 7.03. The van der Waals surface area contributed by atoms with Crippen LogP contribution in [0.1, 0.15) is 50.7 Å². The fourth-order valence-electron chi connectivity index (χ4n) is 7.03.